The number of carbonyl (C=O) groups is 2. The number of rotatable bonds is 12. The Labute approximate surface area is 204 Å². The van der Waals surface area contributed by atoms with Gasteiger partial charge in [0.15, 0.2) is 0 Å². The van der Waals surface area contributed by atoms with Gasteiger partial charge >= 0.3 is 11.9 Å². The van der Waals surface area contributed by atoms with Crippen LogP contribution in [0, 0.1) is 6.92 Å². The molecule has 0 aliphatic rings. The summed E-state index contributed by atoms with van der Waals surface area (Å²) in [7, 11) is -3.56. The zero-order valence-corrected chi connectivity index (χ0v) is 20.4. The van der Waals surface area contributed by atoms with Gasteiger partial charge in [-0.2, -0.15) is 11.8 Å². The highest BCUT2D eigenvalue weighted by Gasteiger charge is 2.10. The Hall–Kier alpha value is -3.27. The Morgan fingerprint density at radius 2 is 1.82 bits per heavy atom. The van der Waals surface area contributed by atoms with Crippen molar-refractivity contribution in [1.29, 1.82) is 0 Å². The Morgan fingerprint density at radius 3 is 2.41 bits per heavy atom. The van der Waals surface area contributed by atoms with E-state index in [1.807, 2.05) is 12.3 Å². The van der Waals surface area contributed by atoms with E-state index in [1.54, 1.807) is 36.0 Å². The molecule has 0 bridgehead atoms. The first-order valence-electron chi connectivity index (χ1n) is 9.36. The van der Waals surface area contributed by atoms with Crippen LogP contribution in [0.15, 0.2) is 56.7 Å². The second-order valence-corrected chi connectivity index (χ2v) is 9.73. The van der Waals surface area contributed by atoms with Gasteiger partial charge < -0.3 is 15.6 Å². The number of aromatic nitrogens is 1. The van der Waals surface area contributed by atoms with Gasteiger partial charge in [0.1, 0.15) is 6.34 Å². The molecule has 0 atom stereocenters. The zero-order valence-electron chi connectivity index (χ0n) is 18.0. The molecule has 0 radical (unpaired) electrons. The first-order chi connectivity index (χ1) is 16.1. The van der Waals surface area contributed by atoms with Crippen LogP contribution in [0.5, 0.6) is 0 Å². The van der Waals surface area contributed by atoms with Gasteiger partial charge in [-0.1, -0.05) is 17.7 Å². The fourth-order valence-corrected chi connectivity index (χ4v) is 4.25. The summed E-state index contributed by atoms with van der Waals surface area (Å²) < 4.78 is 26.5. The van der Waals surface area contributed by atoms with Crippen molar-refractivity contribution in [1.82, 2.24) is 15.1 Å². The van der Waals surface area contributed by atoms with Crippen molar-refractivity contribution in [2.45, 2.75) is 17.6 Å². The molecule has 12 nitrogen and oxygen atoms in total. The molecular weight excluding hydrogens is 504 g/mol. The summed E-state index contributed by atoms with van der Waals surface area (Å²) in [6.45, 7) is 2.41. The summed E-state index contributed by atoms with van der Waals surface area (Å²) in [4.78, 5) is 31.7. The van der Waals surface area contributed by atoms with Crippen molar-refractivity contribution in [2.75, 3.05) is 12.3 Å². The van der Waals surface area contributed by atoms with Crippen LogP contribution < -0.4 is 16.0 Å². The maximum atomic E-state index is 12.1. The number of aliphatic carboxylic acids is 2. The third-order valence-corrected chi connectivity index (χ3v) is 6.48. The molecular formula is C19H24N6O6S3. The third-order valence-electron chi connectivity index (χ3n) is 3.40. The number of aryl methyl sites for hydroxylation is 1. The average Bonchev–Trinajstić information content (AvgIpc) is 3.24. The molecule has 1 aromatic carbocycles. The minimum atomic E-state index is -3.56. The lowest BCUT2D eigenvalue weighted by Gasteiger charge is -2.03. The maximum absolute atomic E-state index is 12.1. The SMILES string of the molecule is Cc1ccc(S(=O)(=O)NC=NCCSCc2csc(N=CNN)n2)cc1.O=C(O)/C=C\C(=O)O. The molecule has 0 aliphatic heterocycles. The number of benzene rings is 1. The molecule has 1 heterocycles. The Bertz CT molecular complexity index is 1100. The van der Waals surface area contributed by atoms with E-state index in [2.05, 4.69) is 25.1 Å². The van der Waals surface area contributed by atoms with Crippen molar-refractivity contribution < 1.29 is 28.2 Å². The number of aliphatic imine (C=N–C) groups is 2. The quantitative estimate of drug-likeness (QED) is 0.0672. The van der Waals surface area contributed by atoms with Crippen molar-refractivity contribution in [3.63, 3.8) is 0 Å². The van der Waals surface area contributed by atoms with Gasteiger partial charge in [-0.15, -0.1) is 11.3 Å². The summed E-state index contributed by atoms with van der Waals surface area (Å²) in [5.74, 6) is 4.09. The van der Waals surface area contributed by atoms with Crippen LogP contribution in [0.2, 0.25) is 0 Å². The number of hydrazine groups is 1. The molecule has 0 fully saturated rings. The largest absolute Gasteiger partial charge is 0.478 e. The topological polar surface area (TPSA) is 196 Å². The highest BCUT2D eigenvalue weighted by atomic mass is 32.2. The van der Waals surface area contributed by atoms with E-state index >= 15 is 0 Å². The standard InChI is InChI=1S/C15H20N6O2S3.C4H4O4/c1-12-2-4-14(5-3-12)26(22,23)20-10-17-6-7-24-8-13-9-25-15(21-13)18-11-19-16;5-3(6)1-2-4(7)8/h2-5,9-11H,6-8,16H2,1H3,(H,17,20)(H,18,19,21);1-2H,(H,5,6)(H,7,8)/b;2-1-. The first kappa shape index (κ1) is 28.8. The number of carboxylic acid groups (broad SMARTS) is 2. The molecule has 34 heavy (non-hydrogen) atoms. The number of carboxylic acids is 2. The smallest absolute Gasteiger partial charge is 0.328 e. The Kier molecular flexibility index (Phi) is 13.2. The minimum absolute atomic E-state index is 0.218. The Morgan fingerprint density at radius 1 is 1.18 bits per heavy atom. The second kappa shape index (κ2) is 15.5. The van der Waals surface area contributed by atoms with Gasteiger partial charge in [-0.25, -0.2) is 33.8 Å². The maximum Gasteiger partial charge on any atom is 0.328 e. The fraction of sp³-hybridized carbons (Fsp3) is 0.211. The fourth-order valence-electron chi connectivity index (χ4n) is 1.91. The summed E-state index contributed by atoms with van der Waals surface area (Å²) in [6, 6.07) is 6.64. The summed E-state index contributed by atoms with van der Waals surface area (Å²) >= 11 is 3.10. The van der Waals surface area contributed by atoms with Crippen molar-refractivity contribution in [3.8, 4) is 0 Å². The van der Waals surface area contributed by atoms with E-state index in [0.29, 0.717) is 23.8 Å². The van der Waals surface area contributed by atoms with E-state index in [0.717, 1.165) is 22.8 Å². The number of hydrogen-bond acceptors (Lipinski definition) is 10. The summed E-state index contributed by atoms with van der Waals surface area (Å²) in [5.41, 5.74) is 4.27. The van der Waals surface area contributed by atoms with Crippen LogP contribution in [-0.2, 0) is 25.4 Å². The number of thiazole rings is 1. The first-order valence-corrected chi connectivity index (χ1v) is 12.9. The van der Waals surface area contributed by atoms with E-state index in [1.165, 1.54) is 24.0 Å². The van der Waals surface area contributed by atoms with Gasteiger partial charge in [0.2, 0.25) is 5.13 Å². The molecule has 2 aromatic rings. The number of nitrogens with zero attached hydrogens (tertiary/aromatic N) is 3. The normalized spacial score (nSPS) is 11.5. The number of thioether (sulfide) groups is 1. The molecule has 0 spiro atoms. The lowest BCUT2D eigenvalue weighted by Crippen LogP contribution is -2.22. The van der Waals surface area contributed by atoms with Crippen molar-refractivity contribution in [3.05, 3.63) is 53.1 Å². The molecule has 0 saturated heterocycles. The molecule has 0 saturated carbocycles. The molecule has 15 heteroatoms. The van der Waals surface area contributed by atoms with E-state index in [-0.39, 0.29) is 4.90 Å². The second-order valence-electron chi connectivity index (χ2n) is 6.08. The van der Waals surface area contributed by atoms with Gasteiger partial charge in [0.05, 0.1) is 16.9 Å². The predicted molar refractivity (Wildman–Crippen MR) is 133 cm³/mol. The van der Waals surface area contributed by atoms with E-state index < -0.39 is 22.0 Å². The number of hydrogen-bond donors (Lipinski definition) is 5. The van der Waals surface area contributed by atoms with Crippen LogP contribution in [0.25, 0.3) is 0 Å². The van der Waals surface area contributed by atoms with Crippen LogP contribution in [0.3, 0.4) is 0 Å². The van der Waals surface area contributed by atoms with Gasteiger partial charge in [-0.3, -0.25) is 9.71 Å². The number of sulfonamides is 1. The zero-order chi connectivity index (χ0) is 25.4. The highest BCUT2D eigenvalue weighted by Crippen LogP contribution is 2.21. The van der Waals surface area contributed by atoms with Crippen LogP contribution in [0.4, 0.5) is 5.13 Å². The number of nitrogens with two attached hydrogens (primary N) is 1. The van der Waals surface area contributed by atoms with Crippen molar-refractivity contribution >= 4 is 62.9 Å². The van der Waals surface area contributed by atoms with Crippen LogP contribution >= 0.6 is 23.1 Å². The summed E-state index contributed by atoms with van der Waals surface area (Å²) in [6.07, 6.45) is 3.72. The lowest BCUT2D eigenvalue weighted by molar-refractivity contribution is -0.134. The molecule has 2 rings (SSSR count). The molecule has 0 aliphatic carbocycles. The molecule has 0 unspecified atom stereocenters. The third kappa shape index (κ3) is 12.7. The van der Waals surface area contributed by atoms with E-state index in [9.17, 15) is 18.0 Å². The number of nitrogens with one attached hydrogen (secondary N) is 2. The van der Waals surface area contributed by atoms with Gasteiger partial charge in [0.25, 0.3) is 10.0 Å². The molecule has 6 N–H and O–H groups in total. The molecule has 184 valence electrons. The van der Waals surface area contributed by atoms with E-state index in [4.69, 9.17) is 16.1 Å². The highest BCUT2D eigenvalue weighted by molar-refractivity contribution is 7.98. The van der Waals surface area contributed by atoms with Gasteiger partial charge in [0, 0.05) is 35.6 Å². The van der Waals surface area contributed by atoms with Crippen LogP contribution in [-0.4, -0.2) is 60.5 Å². The summed E-state index contributed by atoms with van der Waals surface area (Å²) in [5, 5.41) is 18.2. The van der Waals surface area contributed by atoms with Crippen molar-refractivity contribution in [2.24, 2.45) is 15.8 Å². The lowest BCUT2D eigenvalue weighted by atomic mass is 10.2. The van der Waals surface area contributed by atoms with Gasteiger partial charge in [-0.05, 0) is 19.1 Å². The monoisotopic (exact) mass is 528 g/mol. The predicted octanol–water partition coefficient (Wildman–Crippen LogP) is 1.53. The Balaban J connectivity index is 0.000000620. The molecule has 0 amide bonds. The van der Waals surface area contributed by atoms with Crippen LogP contribution in [0.1, 0.15) is 11.3 Å². The minimum Gasteiger partial charge on any atom is -0.478 e. The average molecular weight is 529 g/mol. The molecule has 1 aromatic heterocycles.